The molecule has 8 nitrogen and oxygen atoms in total. The van der Waals surface area contributed by atoms with Crippen molar-refractivity contribution in [1.82, 2.24) is 29.3 Å². The number of rotatable bonds is 6. The summed E-state index contributed by atoms with van der Waals surface area (Å²) in [6.45, 7) is 5.08. The Morgan fingerprint density at radius 3 is 2.68 bits per heavy atom. The van der Waals surface area contributed by atoms with Crippen molar-refractivity contribution < 1.29 is 13.6 Å². The van der Waals surface area contributed by atoms with E-state index in [1.165, 1.54) is 40.8 Å². The topological polar surface area (TPSA) is 87.1 Å². The second-order valence-electron chi connectivity index (χ2n) is 11.9. The van der Waals surface area contributed by atoms with E-state index in [9.17, 15) is 18.4 Å². The van der Waals surface area contributed by atoms with Gasteiger partial charge in [-0.25, -0.2) is 23.3 Å². The smallest absolute Gasteiger partial charge is 0.283 e. The van der Waals surface area contributed by atoms with Gasteiger partial charge in [0.2, 0.25) is 0 Å². The van der Waals surface area contributed by atoms with Gasteiger partial charge >= 0.3 is 0 Å². The summed E-state index contributed by atoms with van der Waals surface area (Å²) in [6.07, 6.45) is 4.82. The second kappa shape index (κ2) is 10.2. The molecular weight excluding hydrogens is 526 g/mol. The van der Waals surface area contributed by atoms with Crippen molar-refractivity contribution in [3.63, 3.8) is 0 Å². The number of carbonyl (C=O) groups excluding carboxylic acids is 1. The van der Waals surface area contributed by atoms with E-state index < -0.39 is 17.9 Å². The van der Waals surface area contributed by atoms with E-state index in [1.54, 1.807) is 12.1 Å². The highest BCUT2D eigenvalue weighted by Gasteiger charge is 2.33. The van der Waals surface area contributed by atoms with Gasteiger partial charge in [-0.05, 0) is 79.6 Å². The van der Waals surface area contributed by atoms with E-state index in [1.807, 2.05) is 12.1 Å². The highest BCUT2D eigenvalue weighted by molar-refractivity contribution is 6.01. The number of aromatic nitrogens is 4. The predicted octanol–water partition coefficient (Wildman–Crippen LogP) is 4.82. The van der Waals surface area contributed by atoms with Gasteiger partial charge in [0.15, 0.2) is 0 Å². The number of fused-ring (bicyclic) bond motifs is 1. The molecule has 2 saturated heterocycles. The summed E-state index contributed by atoms with van der Waals surface area (Å²) < 4.78 is 29.2. The molecule has 7 rings (SSSR count). The minimum Gasteiger partial charge on any atom is -0.351 e. The molecule has 0 unspecified atom stereocenters. The quantitative estimate of drug-likeness (QED) is 0.367. The Bertz CT molecular complexity index is 1700. The number of halogens is 2. The number of H-pyrrole nitrogens is 1. The Kier molecular flexibility index (Phi) is 6.45. The summed E-state index contributed by atoms with van der Waals surface area (Å²) in [7, 11) is 0. The fraction of sp³-hybridized carbons (Fsp3) is 0.419. The minimum absolute atomic E-state index is 0.000294. The number of carbonyl (C=O) groups is 1. The number of nitrogens with one attached hydrogen (secondary N) is 1. The maximum Gasteiger partial charge on any atom is 0.283 e. The number of likely N-dealkylation sites (tertiary alicyclic amines) is 2. The highest BCUT2D eigenvalue weighted by atomic mass is 19.1. The van der Waals surface area contributed by atoms with Gasteiger partial charge in [-0.3, -0.25) is 14.5 Å². The van der Waals surface area contributed by atoms with Crippen molar-refractivity contribution >= 4 is 16.9 Å². The van der Waals surface area contributed by atoms with Crippen LogP contribution in [0.25, 0.3) is 28.0 Å². The Hall–Kier alpha value is -3.92. The van der Waals surface area contributed by atoms with Gasteiger partial charge in [0, 0.05) is 30.4 Å². The van der Waals surface area contributed by atoms with Crippen molar-refractivity contribution in [2.75, 3.05) is 26.2 Å². The summed E-state index contributed by atoms with van der Waals surface area (Å²) in [5.41, 5.74) is 3.86. The number of hydrogen-bond donors (Lipinski definition) is 1. The predicted molar refractivity (Wildman–Crippen MR) is 151 cm³/mol. The molecule has 1 amide bonds. The van der Waals surface area contributed by atoms with Crippen LogP contribution in [0.4, 0.5) is 8.78 Å². The Morgan fingerprint density at radius 2 is 1.93 bits per heavy atom. The van der Waals surface area contributed by atoms with Crippen LogP contribution in [-0.4, -0.2) is 67.6 Å². The molecule has 10 heteroatoms. The molecule has 3 fully saturated rings. The molecule has 1 aromatic carbocycles. The average molecular weight is 559 g/mol. The lowest BCUT2D eigenvalue weighted by atomic mass is 9.97. The first-order chi connectivity index (χ1) is 19.8. The summed E-state index contributed by atoms with van der Waals surface area (Å²) >= 11 is 0. The van der Waals surface area contributed by atoms with E-state index in [-0.39, 0.29) is 30.1 Å². The van der Waals surface area contributed by atoms with Gasteiger partial charge in [-0.2, -0.15) is 0 Å². The summed E-state index contributed by atoms with van der Waals surface area (Å²) in [5.74, 6) is 0.346. The molecule has 2 aliphatic heterocycles. The number of benzene rings is 1. The lowest BCUT2D eigenvalue weighted by molar-refractivity contribution is 0.0400. The van der Waals surface area contributed by atoms with Gasteiger partial charge in [0.1, 0.15) is 29.7 Å². The summed E-state index contributed by atoms with van der Waals surface area (Å²) in [4.78, 5) is 43.4. The monoisotopic (exact) mass is 558 g/mol. The van der Waals surface area contributed by atoms with Crippen LogP contribution in [-0.2, 0) is 6.54 Å². The minimum atomic E-state index is -1.06. The molecule has 1 atom stereocenters. The third kappa shape index (κ3) is 5.05. The first-order valence-electron chi connectivity index (χ1n) is 14.4. The lowest BCUT2D eigenvalue weighted by Crippen LogP contribution is -2.51. The van der Waals surface area contributed by atoms with Gasteiger partial charge < -0.3 is 9.88 Å². The Labute approximate surface area is 236 Å². The number of aromatic amines is 1. The number of hydrogen-bond acceptors (Lipinski definition) is 5. The van der Waals surface area contributed by atoms with Crippen LogP contribution < -0.4 is 5.56 Å². The van der Waals surface area contributed by atoms with Crippen LogP contribution >= 0.6 is 0 Å². The zero-order valence-corrected chi connectivity index (χ0v) is 22.9. The molecule has 1 N–H and O–H groups in total. The molecule has 1 aliphatic carbocycles. The molecule has 5 heterocycles. The maximum absolute atomic E-state index is 14.3. The van der Waals surface area contributed by atoms with Crippen LogP contribution in [0.1, 0.15) is 60.3 Å². The molecule has 1 saturated carbocycles. The van der Waals surface area contributed by atoms with Gasteiger partial charge in [0.05, 0.1) is 24.2 Å². The fourth-order valence-corrected chi connectivity index (χ4v) is 6.09. The lowest BCUT2D eigenvalue weighted by Gasteiger charge is -2.34. The van der Waals surface area contributed by atoms with E-state index >= 15 is 0 Å². The molecule has 0 radical (unpaired) electrons. The number of pyridine rings is 1. The zero-order chi connectivity index (χ0) is 28.2. The normalized spacial score (nSPS) is 20.0. The van der Waals surface area contributed by atoms with E-state index in [2.05, 4.69) is 21.8 Å². The molecule has 0 spiro atoms. The molecule has 212 valence electrons. The first kappa shape index (κ1) is 26.0. The largest absolute Gasteiger partial charge is 0.351 e. The van der Waals surface area contributed by atoms with Crippen LogP contribution in [0, 0.1) is 11.7 Å². The van der Waals surface area contributed by atoms with Crippen LogP contribution in [0.2, 0.25) is 0 Å². The number of amides is 1. The maximum atomic E-state index is 14.3. The van der Waals surface area contributed by atoms with Crippen molar-refractivity contribution in [2.45, 2.75) is 51.2 Å². The average Bonchev–Trinajstić information content (AvgIpc) is 3.71. The van der Waals surface area contributed by atoms with Gasteiger partial charge in [-0.15, -0.1) is 0 Å². The van der Waals surface area contributed by atoms with Gasteiger partial charge in [0.25, 0.3) is 11.5 Å². The fourth-order valence-electron chi connectivity index (χ4n) is 6.09. The van der Waals surface area contributed by atoms with E-state index in [0.29, 0.717) is 33.9 Å². The molecular formula is C31H32F2N6O2. The van der Waals surface area contributed by atoms with Crippen molar-refractivity contribution in [2.24, 2.45) is 5.92 Å². The van der Waals surface area contributed by atoms with Crippen molar-refractivity contribution in [3.05, 3.63) is 75.8 Å². The zero-order valence-electron chi connectivity index (χ0n) is 22.9. The van der Waals surface area contributed by atoms with Crippen LogP contribution in [0.15, 0.2) is 47.5 Å². The Balaban J connectivity index is 1.27. The Morgan fingerprint density at radius 1 is 1.10 bits per heavy atom. The molecule has 3 aromatic heterocycles. The highest BCUT2D eigenvalue weighted by Crippen LogP contribution is 2.41. The van der Waals surface area contributed by atoms with E-state index in [0.717, 1.165) is 43.9 Å². The standard InChI is InChI=1S/C31H32F2N6O2/c1-18-3-2-8-37(13-18)16-23-12-27-29(35-23)31(41)39(17-34-27)28-10-20(9-26(36-28)19-4-5-19)24-7-6-21(32)11-25(24)30(40)38-14-22(33)15-38/h6-7,9-12,17-19,22,35H,2-5,8,13-16H2,1H3/t18-/m0/s1. The third-order valence-electron chi connectivity index (χ3n) is 8.45. The molecule has 3 aliphatic rings. The van der Waals surface area contributed by atoms with Gasteiger partial charge in [-0.1, -0.05) is 13.0 Å². The number of piperidine rings is 1. The van der Waals surface area contributed by atoms with E-state index in [4.69, 9.17) is 4.98 Å². The number of alkyl halides is 1. The third-order valence-corrected chi connectivity index (χ3v) is 8.45. The van der Waals surface area contributed by atoms with Crippen LogP contribution in [0.5, 0.6) is 0 Å². The molecule has 4 aromatic rings. The van der Waals surface area contributed by atoms with Crippen LogP contribution in [0.3, 0.4) is 0 Å². The van der Waals surface area contributed by atoms with Crippen molar-refractivity contribution in [1.29, 1.82) is 0 Å². The summed E-state index contributed by atoms with van der Waals surface area (Å²) in [5, 5.41) is 0. The number of nitrogens with zero attached hydrogens (tertiary/aromatic N) is 5. The molecule has 41 heavy (non-hydrogen) atoms. The second-order valence-corrected chi connectivity index (χ2v) is 11.9. The first-order valence-corrected chi connectivity index (χ1v) is 14.4. The molecule has 0 bridgehead atoms. The SMILES string of the molecule is C[C@H]1CCCN(Cc2cc3ncn(-c4cc(-c5ccc(F)cc5C(=O)N5CC(F)C5)cc(C5CC5)n4)c(=O)c3[nH]2)C1. The summed E-state index contributed by atoms with van der Waals surface area (Å²) in [6, 6.07) is 9.65. The van der Waals surface area contributed by atoms with Crippen molar-refractivity contribution in [3.8, 4) is 16.9 Å².